The van der Waals surface area contributed by atoms with Crippen LogP contribution in [0.5, 0.6) is 0 Å². The Morgan fingerprint density at radius 3 is 2.93 bits per heavy atom. The van der Waals surface area contributed by atoms with E-state index in [1.165, 1.54) is 10.7 Å². The van der Waals surface area contributed by atoms with Crippen LogP contribution in [0.4, 0.5) is 5.82 Å². The van der Waals surface area contributed by atoms with Crippen LogP contribution in [0.1, 0.15) is 24.2 Å². The Bertz CT molecular complexity index is 1090. The number of aryl methyl sites for hydroxylation is 1. The van der Waals surface area contributed by atoms with E-state index in [-0.39, 0.29) is 17.4 Å². The van der Waals surface area contributed by atoms with Gasteiger partial charge in [-0.3, -0.25) is 9.59 Å². The lowest BCUT2D eigenvalue weighted by atomic mass is 9.97. The van der Waals surface area contributed by atoms with Crippen molar-refractivity contribution in [3.05, 3.63) is 75.4 Å². The summed E-state index contributed by atoms with van der Waals surface area (Å²) in [6.45, 7) is 3.61. The first-order chi connectivity index (χ1) is 14.5. The van der Waals surface area contributed by atoms with Gasteiger partial charge in [0.2, 0.25) is 5.91 Å². The Kier molecular flexibility index (Phi) is 5.90. The van der Waals surface area contributed by atoms with E-state index in [1.807, 2.05) is 30.0 Å². The van der Waals surface area contributed by atoms with Crippen molar-refractivity contribution in [3.8, 4) is 5.69 Å². The number of benzene rings is 1. The van der Waals surface area contributed by atoms with E-state index in [2.05, 4.69) is 10.4 Å². The summed E-state index contributed by atoms with van der Waals surface area (Å²) in [4.78, 5) is 27.0. The minimum atomic E-state index is -0.233. The van der Waals surface area contributed by atoms with Crippen molar-refractivity contribution >= 4 is 23.3 Å². The highest BCUT2D eigenvalue weighted by molar-refractivity contribution is 6.31. The zero-order chi connectivity index (χ0) is 21.1. The Hall–Kier alpha value is -3.06. The molecule has 0 radical (unpaired) electrons. The SMILES string of the molecule is Cc1ccc(-n2nc(N3CCC[C@@H](C(=O)NCc4ccco4)C3)ccc2=O)cc1Cl. The summed E-state index contributed by atoms with van der Waals surface area (Å²) >= 11 is 6.22. The van der Waals surface area contributed by atoms with Gasteiger partial charge < -0.3 is 14.6 Å². The number of nitrogens with zero attached hydrogens (tertiary/aromatic N) is 3. The maximum Gasteiger partial charge on any atom is 0.271 e. The predicted molar refractivity (Wildman–Crippen MR) is 115 cm³/mol. The molecule has 1 atom stereocenters. The molecule has 1 aromatic carbocycles. The smallest absolute Gasteiger partial charge is 0.271 e. The number of piperidine rings is 1. The first kappa shape index (κ1) is 20.2. The number of hydrogen-bond acceptors (Lipinski definition) is 5. The van der Waals surface area contributed by atoms with E-state index >= 15 is 0 Å². The van der Waals surface area contributed by atoms with Gasteiger partial charge in [0.1, 0.15) is 11.6 Å². The molecule has 3 heterocycles. The number of furan rings is 1. The minimum absolute atomic E-state index is 0.00487. The van der Waals surface area contributed by atoms with Gasteiger partial charge in [0.15, 0.2) is 0 Å². The zero-order valence-electron chi connectivity index (χ0n) is 16.7. The van der Waals surface area contributed by atoms with Gasteiger partial charge >= 0.3 is 0 Å². The number of aromatic nitrogens is 2. The van der Waals surface area contributed by atoms with Crippen LogP contribution in [0, 0.1) is 12.8 Å². The monoisotopic (exact) mass is 426 g/mol. The second-order valence-corrected chi connectivity index (χ2v) is 7.86. The molecule has 0 aliphatic carbocycles. The number of amides is 1. The van der Waals surface area contributed by atoms with Crippen molar-refractivity contribution in [1.82, 2.24) is 15.1 Å². The van der Waals surface area contributed by atoms with Gasteiger partial charge in [-0.25, -0.2) is 0 Å². The largest absolute Gasteiger partial charge is 0.467 e. The van der Waals surface area contributed by atoms with E-state index in [0.29, 0.717) is 29.6 Å². The lowest BCUT2D eigenvalue weighted by molar-refractivity contribution is -0.125. The standard InChI is InChI=1S/C22H23ClN4O3/c1-15-6-7-17(12-19(15)23)27-21(28)9-8-20(25-27)26-10-2-4-16(14-26)22(29)24-13-18-5-3-11-30-18/h3,5-9,11-12,16H,2,4,10,13-14H2,1H3,(H,24,29)/t16-/m1/s1. The van der Waals surface area contributed by atoms with Gasteiger partial charge in [-0.2, -0.15) is 4.68 Å². The molecule has 1 amide bonds. The first-order valence-electron chi connectivity index (χ1n) is 9.93. The molecule has 0 unspecified atom stereocenters. The van der Waals surface area contributed by atoms with E-state index in [1.54, 1.807) is 24.5 Å². The Labute approximate surface area is 179 Å². The van der Waals surface area contributed by atoms with Crippen LogP contribution >= 0.6 is 11.6 Å². The molecule has 1 fully saturated rings. The molecule has 0 saturated carbocycles. The summed E-state index contributed by atoms with van der Waals surface area (Å²) in [5, 5.41) is 8.06. The molecule has 1 aliphatic heterocycles. The van der Waals surface area contributed by atoms with Crippen molar-refractivity contribution in [3.63, 3.8) is 0 Å². The Morgan fingerprint density at radius 2 is 2.17 bits per heavy atom. The highest BCUT2D eigenvalue weighted by atomic mass is 35.5. The van der Waals surface area contributed by atoms with E-state index in [0.717, 1.165) is 30.7 Å². The molecular formula is C22H23ClN4O3. The van der Waals surface area contributed by atoms with Crippen molar-refractivity contribution in [2.24, 2.45) is 5.92 Å². The molecule has 156 valence electrons. The molecule has 1 N–H and O–H groups in total. The van der Waals surface area contributed by atoms with Crippen LogP contribution in [-0.2, 0) is 11.3 Å². The lowest BCUT2D eigenvalue weighted by Gasteiger charge is -2.32. The summed E-state index contributed by atoms with van der Waals surface area (Å²) in [7, 11) is 0. The predicted octanol–water partition coefficient (Wildman–Crippen LogP) is 3.32. The summed E-state index contributed by atoms with van der Waals surface area (Å²) < 4.78 is 6.62. The topological polar surface area (TPSA) is 80.4 Å². The fourth-order valence-corrected chi connectivity index (χ4v) is 3.77. The van der Waals surface area contributed by atoms with Crippen LogP contribution in [0.25, 0.3) is 5.69 Å². The van der Waals surface area contributed by atoms with E-state index in [9.17, 15) is 9.59 Å². The third-order valence-corrected chi connectivity index (χ3v) is 5.73. The second-order valence-electron chi connectivity index (χ2n) is 7.46. The molecule has 7 nitrogen and oxygen atoms in total. The third kappa shape index (κ3) is 4.41. The highest BCUT2D eigenvalue weighted by Gasteiger charge is 2.27. The summed E-state index contributed by atoms with van der Waals surface area (Å²) in [6, 6.07) is 12.2. The van der Waals surface area contributed by atoms with Gasteiger partial charge in [0, 0.05) is 24.2 Å². The molecule has 3 aromatic rings. The molecule has 4 rings (SSSR count). The number of anilines is 1. The normalized spacial score (nSPS) is 16.5. The number of carbonyl (C=O) groups is 1. The molecule has 0 spiro atoms. The first-order valence-corrected chi connectivity index (χ1v) is 10.3. The number of hydrogen-bond donors (Lipinski definition) is 1. The lowest BCUT2D eigenvalue weighted by Crippen LogP contribution is -2.43. The molecule has 1 saturated heterocycles. The van der Waals surface area contributed by atoms with Crippen molar-refractivity contribution in [2.75, 3.05) is 18.0 Å². The van der Waals surface area contributed by atoms with Crippen LogP contribution < -0.4 is 15.8 Å². The fourth-order valence-electron chi connectivity index (χ4n) is 3.60. The molecule has 8 heteroatoms. The van der Waals surface area contributed by atoms with Crippen LogP contribution in [0.15, 0.2) is 57.9 Å². The highest BCUT2D eigenvalue weighted by Crippen LogP contribution is 2.23. The average molecular weight is 427 g/mol. The average Bonchev–Trinajstić information content (AvgIpc) is 3.28. The number of nitrogens with one attached hydrogen (secondary N) is 1. The zero-order valence-corrected chi connectivity index (χ0v) is 17.4. The third-order valence-electron chi connectivity index (χ3n) is 5.32. The molecular weight excluding hydrogens is 404 g/mol. The van der Waals surface area contributed by atoms with E-state index in [4.69, 9.17) is 16.0 Å². The van der Waals surface area contributed by atoms with Gasteiger partial charge in [-0.05, 0) is 55.7 Å². The maximum atomic E-state index is 12.6. The molecule has 0 bridgehead atoms. The second kappa shape index (κ2) is 8.75. The minimum Gasteiger partial charge on any atom is -0.467 e. The molecule has 30 heavy (non-hydrogen) atoms. The van der Waals surface area contributed by atoms with Crippen molar-refractivity contribution in [2.45, 2.75) is 26.3 Å². The van der Waals surface area contributed by atoms with Crippen molar-refractivity contribution < 1.29 is 9.21 Å². The number of rotatable bonds is 5. The van der Waals surface area contributed by atoms with Crippen LogP contribution in [0.3, 0.4) is 0 Å². The van der Waals surface area contributed by atoms with Gasteiger partial charge in [0.25, 0.3) is 5.56 Å². The van der Waals surface area contributed by atoms with Gasteiger partial charge in [-0.15, -0.1) is 5.10 Å². The van der Waals surface area contributed by atoms with Gasteiger partial charge in [-0.1, -0.05) is 17.7 Å². The van der Waals surface area contributed by atoms with Crippen LogP contribution in [-0.4, -0.2) is 28.8 Å². The van der Waals surface area contributed by atoms with Crippen LogP contribution in [0.2, 0.25) is 5.02 Å². The summed E-state index contributed by atoms with van der Waals surface area (Å²) in [5.74, 6) is 1.23. The molecule has 1 aliphatic rings. The van der Waals surface area contributed by atoms with Gasteiger partial charge in [0.05, 0.1) is 24.4 Å². The fraction of sp³-hybridized carbons (Fsp3) is 0.318. The Morgan fingerprint density at radius 1 is 1.30 bits per heavy atom. The maximum absolute atomic E-state index is 12.6. The van der Waals surface area contributed by atoms with E-state index < -0.39 is 0 Å². The van der Waals surface area contributed by atoms with Crippen molar-refractivity contribution in [1.29, 1.82) is 0 Å². The quantitative estimate of drug-likeness (QED) is 0.677. The number of halogens is 1. The Balaban J connectivity index is 1.50. The summed E-state index contributed by atoms with van der Waals surface area (Å²) in [6.07, 6.45) is 3.27. The number of carbonyl (C=O) groups excluding carboxylic acids is 1. The molecule has 2 aromatic heterocycles. The summed E-state index contributed by atoms with van der Waals surface area (Å²) in [5.41, 5.74) is 1.31.